The van der Waals surface area contributed by atoms with Crippen LogP contribution in [0.1, 0.15) is 110 Å². The molecule has 0 aliphatic heterocycles. The Bertz CT molecular complexity index is 798. The van der Waals surface area contributed by atoms with Crippen LogP contribution in [0.4, 0.5) is 0 Å². The molecule has 0 amide bonds. The van der Waals surface area contributed by atoms with E-state index in [-0.39, 0.29) is 49.1 Å². The highest BCUT2D eigenvalue weighted by Crippen LogP contribution is 2.11. The fraction of sp³-hybridized carbons (Fsp3) is 0.735. The van der Waals surface area contributed by atoms with Crippen molar-refractivity contribution >= 4 is 17.9 Å². The summed E-state index contributed by atoms with van der Waals surface area (Å²) in [5.74, 6) is -1.80. The quantitative estimate of drug-likeness (QED) is 0.0510. The molecule has 0 rings (SSSR count). The largest absolute Gasteiger partial charge is 0.544 e. The molecule has 8 nitrogen and oxygen atoms in total. The van der Waals surface area contributed by atoms with Gasteiger partial charge in [-0.3, -0.25) is 9.59 Å². The molecule has 0 aliphatic carbocycles. The molecule has 0 saturated heterocycles. The molecule has 0 heterocycles. The number of aliphatic carboxylic acids is 1. The zero-order valence-electron chi connectivity index (χ0n) is 27.2. The first-order valence-electron chi connectivity index (χ1n) is 16.0. The van der Waals surface area contributed by atoms with Gasteiger partial charge in [0.2, 0.25) is 0 Å². The summed E-state index contributed by atoms with van der Waals surface area (Å²) in [6, 6.07) is -0.726. The molecular formula is C34H59NO7. The number of carboxylic acid groups (broad SMARTS) is 1. The van der Waals surface area contributed by atoms with Crippen molar-refractivity contribution in [1.29, 1.82) is 0 Å². The molecule has 0 radical (unpaired) electrons. The lowest BCUT2D eigenvalue weighted by atomic mass is 10.1. The maximum atomic E-state index is 12.5. The number of carbonyl (C=O) groups is 3. The number of hydrogen-bond donors (Lipinski definition) is 0. The van der Waals surface area contributed by atoms with Crippen molar-refractivity contribution < 1.29 is 38.2 Å². The summed E-state index contributed by atoms with van der Waals surface area (Å²) in [4.78, 5) is 36.2. The van der Waals surface area contributed by atoms with Crippen molar-refractivity contribution in [3.8, 4) is 0 Å². The summed E-state index contributed by atoms with van der Waals surface area (Å²) in [5, 5.41) is 11.5. The van der Waals surface area contributed by atoms with Crippen LogP contribution >= 0.6 is 0 Å². The summed E-state index contributed by atoms with van der Waals surface area (Å²) >= 11 is 0. The number of quaternary nitrogens is 1. The highest BCUT2D eigenvalue weighted by atomic mass is 16.6. The third kappa shape index (κ3) is 24.2. The van der Waals surface area contributed by atoms with Crippen molar-refractivity contribution in [2.75, 3.05) is 41.0 Å². The smallest absolute Gasteiger partial charge is 0.306 e. The van der Waals surface area contributed by atoms with Gasteiger partial charge in [0.25, 0.3) is 0 Å². The van der Waals surface area contributed by atoms with E-state index in [1.165, 1.54) is 0 Å². The van der Waals surface area contributed by atoms with Gasteiger partial charge in [-0.05, 0) is 44.9 Å². The predicted molar refractivity (Wildman–Crippen MR) is 167 cm³/mol. The van der Waals surface area contributed by atoms with Gasteiger partial charge in [-0.25, -0.2) is 0 Å². The van der Waals surface area contributed by atoms with Crippen LogP contribution in [0.15, 0.2) is 36.5 Å². The van der Waals surface area contributed by atoms with Crippen LogP contribution in [0, 0.1) is 0 Å². The first kappa shape index (κ1) is 39.5. The first-order chi connectivity index (χ1) is 20.1. The number of carboxylic acids is 1. The molecule has 0 spiro atoms. The van der Waals surface area contributed by atoms with Crippen LogP contribution in [0.25, 0.3) is 0 Å². The Morgan fingerprint density at radius 1 is 0.738 bits per heavy atom. The molecule has 2 atom stereocenters. The van der Waals surface area contributed by atoms with E-state index in [4.69, 9.17) is 14.2 Å². The van der Waals surface area contributed by atoms with E-state index in [9.17, 15) is 19.5 Å². The van der Waals surface area contributed by atoms with Crippen LogP contribution in [0.3, 0.4) is 0 Å². The van der Waals surface area contributed by atoms with Gasteiger partial charge >= 0.3 is 11.9 Å². The van der Waals surface area contributed by atoms with Gasteiger partial charge in [0.05, 0.1) is 40.3 Å². The summed E-state index contributed by atoms with van der Waals surface area (Å²) < 4.78 is 16.9. The zero-order chi connectivity index (χ0) is 31.5. The minimum Gasteiger partial charge on any atom is -0.544 e. The Hall–Kier alpha value is -2.45. The van der Waals surface area contributed by atoms with Crippen LogP contribution < -0.4 is 5.11 Å². The first-order valence-corrected chi connectivity index (χ1v) is 16.0. The third-order valence-corrected chi connectivity index (χ3v) is 6.79. The van der Waals surface area contributed by atoms with Gasteiger partial charge in [0, 0.05) is 19.3 Å². The molecule has 0 bridgehead atoms. The van der Waals surface area contributed by atoms with Crippen LogP contribution in [-0.2, 0) is 28.6 Å². The predicted octanol–water partition coefficient (Wildman–Crippen LogP) is 5.84. The van der Waals surface area contributed by atoms with Gasteiger partial charge in [0.15, 0.2) is 6.10 Å². The second-order valence-corrected chi connectivity index (χ2v) is 11.7. The number of unbranched alkanes of at least 4 members (excludes halogenated alkanes) is 7. The van der Waals surface area contributed by atoms with Crippen LogP contribution in [0.5, 0.6) is 0 Å². The van der Waals surface area contributed by atoms with Crippen LogP contribution in [-0.4, -0.2) is 75.5 Å². The number of ether oxygens (including phenoxy) is 3. The van der Waals surface area contributed by atoms with Gasteiger partial charge in [-0.1, -0.05) is 82.4 Å². The second-order valence-electron chi connectivity index (χ2n) is 11.7. The van der Waals surface area contributed by atoms with E-state index in [1.807, 2.05) is 0 Å². The van der Waals surface area contributed by atoms with E-state index in [0.717, 1.165) is 77.0 Å². The van der Waals surface area contributed by atoms with Crippen molar-refractivity contribution in [3.05, 3.63) is 36.5 Å². The Kier molecular flexibility index (Phi) is 24.7. The average Bonchev–Trinajstić information content (AvgIpc) is 2.92. The Morgan fingerprint density at radius 3 is 1.95 bits per heavy atom. The molecule has 0 aromatic carbocycles. The second kappa shape index (κ2) is 26.2. The molecule has 0 aromatic heterocycles. The third-order valence-electron chi connectivity index (χ3n) is 6.79. The molecule has 42 heavy (non-hydrogen) atoms. The van der Waals surface area contributed by atoms with Gasteiger partial charge in [0.1, 0.15) is 12.6 Å². The Labute approximate surface area is 255 Å². The van der Waals surface area contributed by atoms with Crippen molar-refractivity contribution in [1.82, 2.24) is 0 Å². The SMILES string of the molecule is CC/C=C\C/C=C\C/C=C\CCCCCC(=O)OC(COCCC(C(=O)[O-])[N+](C)(C)C)COC(=O)CCCCCCC. The number of rotatable bonds is 27. The van der Waals surface area contributed by atoms with Crippen LogP contribution in [0.2, 0.25) is 0 Å². The number of allylic oxidation sites excluding steroid dienone is 6. The Balaban J connectivity index is 4.51. The molecule has 2 unspecified atom stereocenters. The Morgan fingerprint density at radius 2 is 1.33 bits per heavy atom. The highest BCUT2D eigenvalue weighted by molar-refractivity contribution is 5.70. The van der Waals surface area contributed by atoms with Gasteiger partial charge in [-0.15, -0.1) is 0 Å². The maximum absolute atomic E-state index is 12.5. The lowest BCUT2D eigenvalue weighted by molar-refractivity contribution is -0.889. The minimum atomic E-state index is -1.13. The standard InChI is InChI=1S/C34H59NO7/c1-6-8-10-12-13-14-15-16-17-18-19-21-23-25-33(37)42-30(29-41-32(36)24-22-20-11-9-7-2)28-40-27-26-31(34(38)39)35(3,4)5/h8,10,13-14,16-17,30-31H,6-7,9,11-12,15,18-29H2,1-5H3/b10-8-,14-13-,17-16-. The monoisotopic (exact) mass is 593 g/mol. The van der Waals surface area contributed by atoms with Crippen molar-refractivity contribution in [3.63, 3.8) is 0 Å². The molecule has 0 aliphatic rings. The van der Waals surface area contributed by atoms with E-state index < -0.39 is 18.1 Å². The van der Waals surface area contributed by atoms with E-state index in [0.29, 0.717) is 6.42 Å². The summed E-state index contributed by atoms with van der Waals surface area (Å²) in [7, 11) is 5.36. The fourth-order valence-corrected chi connectivity index (χ4v) is 4.26. The van der Waals surface area contributed by atoms with Gasteiger partial charge < -0.3 is 28.6 Å². The van der Waals surface area contributed by atoms with Crippen molar-refractivity contribution in [2.45, 2.75) is 122 Å². The number of esters is 2. The average molecular weight is 594 g/mol. The number of carbonyl (C=O) groups excluding carboxylic acids is 3. The molecular weight excluding hydrogens is 534 g/mol. The topological polar surface area (TPSA) is 102 Å². The lowest BCUT2D eigenvalue weighted by Gasteiger charge is -2.34. The number of likely N-dealkylation sites (N-methyl/N-ethyl adjacent to an activating group) is 1. The molecule has 0 fully saturated rings. The molecule has 8 heteroatoms. The zero-order valence-corrected chi connectivity index (χ0v) is 27.2. The minimum absolute atomic E-state index is 0.0283. The van der Waals surface area contributed by atoms with E-state index in [2.05, 4.69) is 50.3 Å². The summed E-state index contributed by atoms with van der Waals surface area (Å²) in [6.45, 7) is 4.38. The molecule has 0 aromatic rings. The van der Waals surface area contributed by atoms with E-state index in [1.54, 1.807) is 21.1 Å². The summed E-state index contributed by atoms with van der Waals surface area (Å²) in [5.41, 5.74) is 0. The maximum Gasteiger partial charge on any atom is 0.306 e. The normalized spacial score (nSPS) is 13.6. The van der Waals surface area contributed by atoms with Gasteiger partial charge in [-0.2, -0.15) is 0 Å². The number of nitrogens with zero attached hydrogens (tertiary/aromatic N) is 1. The fourth-order valence-electron chi connectivity index (χ4n) is 4.26. The highest BCUT2D eigenvalue weighted by Gasteiger charge is 2.25. The molecule has 242 valence electrons. The lowest BCUT2D eigenvalue weighted by Crippen LogP contribution is -2.55. The summed E-state index contributed by atoms with van der Waals surface area (Å²) in [6.07, 6.45) is 24.9. The molecule has 0 saturated carbocycles. The number of hydrogen-bond acceptors (Lipinski definition) is 7. The van der Waals surface area contributed by atoms with Crippen molar-refractivity contribution in [2.24, 2.45) is 0 Å². The van der Waals surface area contributed by atoms with E-state index >= 15 is 0 Å². The molecule has 0 N–H and O–H groups in total.